The first kappa shape index (κ1) is 43.7. The normalized spacial score (nSPS) is 11.9. The molecule has 14 rings (SSSR count). The van der Waals surface area contributed by atoms with Crippen molar-refractivity contribution < 1.29 is 8.83 Å². The summed E-state index contributed by atoms with van der Waals surface area (Å²) in [7, 11) is 0. The van der Waals surface area contributed by atoms with Crippen LogP contribution in [0.2, 0.25) is 0 Å². The zero-order chi connectivity index (χ0) is 49.9. The molecule has 0 saturated heterocycles. The zero-order valence-electron chi connectivity index (χ0n) is 42.3. The van der Waals surface area contributed by atoms with Gasteiger partial charge in [0.15, 0.2) is 11.2 Å². The van der Waals surface area contributed by atoms with Crippen LogP contribution in [0.4, 0.5) is 34.1 Å². The number of para-hydroxylation sites is 6. The first-order valence-electron chi connectivity index (χ1n) is 25.7. The Bertz CT molecular complexity index is 4220. The van der Waals surface area contributed by atoms with Gasteiger partial charge >= 0.3 is 0 Å². The average Bonchev–Trinajstić information content (AvgIpc) is 4.03. The standard InChI is InChI=1S/C70H52N2O2/c1-41-35-47(36-42(2)45(41)5)59-39-63(71(49-19-9-7-10-20-49)61-27-17-25-55-51-23-13-15-29-65(51)73-69(55)61)57-34-32-54-60(48-37-43(3)46(6)44(4)38-48)40-64(58-33-31-53(59)67(57)68(54)58)72(50-21-11-8-12-22-50)62-28-18-26-56-52-24-14-16-30-66(52)74-70(56)62/h7-40H,1-6H3. The molecule has 2 heterocycles. The van der Waals surface area contributed by atoms with E-state index >= 15 is 0 Å². The van der Waals surface area contributed by atoms with Gasteiger partial charge in [-0.2, -0.15) is 0 Å². The Morgan fingerprint density at radius 2 is 0.635 bits per heavy atom. The second-order valence-corrected chi connectivity index (χ2v) is 20.3. The summed E-state index contributed by atoms with van der Waals surface area (Å²) >= 11 is 0. The number of rotatable bonds is 8. The maximum absolute atomic E-state index is 6.91. The van der Waals surface area contributed by atoms with Gasteiger partial charge in [0.1, 0.15) is 11.2 Å². The van der Waals surface area contributed by atoms with Crippen molar-refractivity contribution in [2.75, 3.05) is 9.80 Å². The molecule has 0 saturated carbocycles. The van der Waals surface area contributed by atoms with Crippen molar-refractivity contribution >= 4 is 110 Å². The maximum atomic E-state index is 6.91. The summed E-state index contributed by atoms with van der Waals surface area (Å²) in [5.41, 5.74) is 22.0. The summed E-state index contributed by atoms with van der Waals surface area (Å²) in [4.78, 5) is 4.86. The summed E-state index contributed by atoms with van der Waals surface area (Å²) in [6, 6.07) is 75.4. The molecule has 0 amide bonds. The predicted molar refractivity (Wildman–Crippen MR) is 313 cm³/mol. The fourth-order valence-electron chi connectivity index (χ4n) is 12.0. The smallest absolute Gasteiger partial charge is 0.159 e. The van der Waals surface area contributed by atoms with Gasteiger partial charge in [-0.3, -0.25) is 0 Å². The number of anilines is 6. The third-order valence-electron chi connectivity index (χ3n) is 16.1. The van der Waals surface area contributed by atoms with Crippen molar-refractivity contribution in [3.63, 3.8) is 0 Å². The Labute approximate surface area is 430 Å². The Balaban J connectivity index is 1.17. The van der Waals surface area contributed by atoms with Crippen molar-refractivity contribution in [1.82, 2.24) is 0 Å². The Morgan fingerprint density at radius 3 is 1.04 bits per heavy atom. The van der Waals surface area contributed by atoms with Crippen LogP contribution in [0.3, 0.4) is 0 Å². The predicted octanol–water partition coefficient (Wildman–Crippen LogP) is 20.5. The van der Waals surface area contributed by atoms with Gasteiger partial charge in [-0.1, -0.05) is 146 Å². The first-order valence-corrected chi connectivity index (χ1v) is 25.7. The van der Waals surface area contributed by atoms with Crippen LogP contribution in [0.1, 0.15) is 33.4 Å². The van der Waals surface area contributed by atoms with Crippen LogP contribution in [0.25, 0.3) is 98.4 Å². The maximum Gasteiger partial charge on any atom is 0.159 e. The third-order valence-corrected chi connectivity index (χ3v) is 16.1. The molecular formula is C70H52N2O2. The highest BCUT2D eigenvalue weighted by molar-refractivity contribution is 6.33. The fraction of sp³-hybridized carbons (Fsp3) is 0.0857. The molecule has 0 radical (unpaired) electrons. The Hall–Kier alpha value is -9.12. The van der Waals surface area contributed by atoms with Gasteiger partial charge in [0.2, 0.25) is 0 Å². The topological polar surface area (TPSA) is 32.8 Å². The summed E-state index contributed by atoms with van der Waals surface area (Å²) in [6.45, 7) is 13.4. The second kappa shape index (κ2) is 16.7. The van der Waals surface area contributed by atoms with Crippen LogP contribution in [-0.2, 0) is 0 Å². The highest BCUT2D eigenvalue weighted by Crippen LogP contribution is 2.54. The number of fused-ring (bicyclic) bond motifs is 6. The van der Waals surface area contributed by atoms with Gasteiger partial charge in [0.05, 0.1) is 22.7 Å². The number of benzene rings is 12. The highest BCUT2D eigenvalue weighted by Gasteiger charge is 2.28. The molecule has 0 bridgehead atoms. The molecule has 74 heavy (non-hydrogen) atoms. The van der Waals surface area contributed by atoms with Crippen LogP contribution in [0.5, 0.6) is 0 Å². The molecule has 0 fully saturated rings. The van der Waals surface area contributed by atoms with Crippen LogP contribution in [0, 0.1) is 41.5 Å². The van der Waals surface area contributed by atoms with Gasteiger partial charge in [-0.05, 0) is 169 Å². The molecule has 0 atom stereocenters. The van der Waals surface area contributed by atoms with Crippen LogP contribution in [0.15, 0.2) is 215 Å². The van der Waals surface area contributed by atoms with Gasteiger partial charge < -0.3 is 18.6 Å². The summed E-state index contributed by atoms with van der Waals surface area (Å²) in [5.74, 6) is 0. The van der Waals surface area contributed by atoms with Crippen LogP contribution >= 0.6 is 0 Å². The van der Waals surface area contributed by atoms with E-state index in [-0.39, 0.29) is 0 Å². The molecule has 0 spiro atoms. The van der Waals surface area contributed by atoms with Crippen LogP contribution in [-0.4, -0.2) is 0 Å². The van der Waals surface area contributed by atoms with E-state index < -0.39 is 0 Å². The lowest BCUT2D eigenvalue weighted by Gasteiger charge is -2.31. The number of aryl methyl sites for hydroxylation is 4. The lowest BCUT2D eigenvalue weighted by Crippen LogP contribution is -2.12. The minimum Gasteiger partial charge on any atom is -0.454 e. The SMILES string of the molecule is Cc1cc(-c2cc(N(c3ccccc3)c3cccc4c3oc3ccccc34)c3ccc4c(-c5cc(C)c(C)c(C)c5)cc(N(c5ccccc5)c5cccc6c5oc5ccccc56)c5ccc2c3c45)cc(C)c1C. The van der Waals surface area contributed by atoms with E-state index in [1.807, 2.05) is 0 Å². The molecule has 354 valence electrons. The van der Waals surface area contributed by atoms with Crippen molar-refractivity contribution in [2.24, 2.45) is 0 Å². The van der Waals surface area contributed by atoms with Crippen molar-refractivity contribution in [2.45, 2.75) is 41.5 Å². The van der Waals surface area contributed by atoms with Crippen molar-refractivity contribution in [3.05, 3.63) is 240 Å². The minimum absolute atomic E-state index is 0.847. The fourth-order valence-corrected chi connectivity index (χ4v) is 12.0. The highest BCUT2D eigenvalue weighted by atomic mass is 16.3. The van der Waals surface area contributed by atoms with E-state index in [2.05, 4.69) is 258 Å². The molecular weight excluding hydrogens is 901 g/mol. The second-order valence-electron chi connectivity index (χ2n) is 20.3. The third kappa shape index (κ3) is 6.61. The number of hydrogen-bond acceptors (Lipinski definition) is 4. The quantitative estimate of drug-likeness (QED) is 0.142. The molecule has 0 N–H and O–H groups in total. The summed E-state index contributed by atoms with van der Waals surface area (Å²) in [6.07, 6.45) is 0. The van der Waals surface area contributed by atoms with E-state index in [9.17, 15) is 0 Å². The molecule has 0 aliphatic heterocycles. The van der Waals surface area contributed by atoms with E-state index in [4.69, 9.17) is 8.83 Å². The molecule has 2 aromatic heterocycles. The van der Waals surface area contributed by atoms with E-state index in [0.717, 1.165) is 88.8 Å². The number of hydrogen-bond donors (Lipinski definition) is 0. The molecule has 4 heteroatoms. The molecule has 0 aliphatic carbocycles. The molecule has 0 unspecified atom stereocenters. The lowest BCUT2D eigenvalue weighted by molar-refractivity contribution is 0.669. The van der Waals surface area contributed by atoms with Gasteiger partial charge in [0.25, 0.3) is 0 Å². The first-order chi connectivity index (χ1) is 36.2. The Kier molecular flexibility index (Phi) is 9.87. The van der Waals surface area contributed by atoms with Gasteiger partial charge in [-0.15, -0.1) is 0 Å². The zero-order valence-corrected chi connectivity index (χ0v) is 42.3. The van der Waals surface area contributed by atoms with Gasteiger partial charge in [0, 0.05) is 54.5 Å². The molecule has 14 aromatic rings. The largest absolute Gasteiger partial charge is 0.454 e. The lowest BCUT2D eigenvalue weighted by atomic mass is 9.84. The molecule has 4 nitrogen and oxygen atoms in total. The number of nitrogens with zero attached hydrogens (tertiary/aromatic N) is 2. The van der Waals surface area contributed by atoms with Crippen molar-refractivity contribution in [3.8, 4) is 22.3 Å². The van der Waals surface area contributed by atoms with E-state index in [1.165, 1.54) is 77.2 Å². The summed E-state index contributed by atoms with van der Waals surface area (Å²) in [5, 5.41) is 11.5. The minimum atomic E-state index is 0.847. The molecule has 0 aliphatic rings. The van der Waals surface area contributed by atoms with Crippen LogP contribution < -0.4 is 9.80 Å². The molecule has 12 aromatic carbocycles. The van der Waals surface area contributed by atoms with E-state index in [0.29, 0.717) is 0 Å². The van der Waals surface area contributed by atoms with Crippen molar-refractivity contribution in [1.29, 1.82) is 0 Å². The van der Waals surface area contributed by atoms with Gasteiger partial charge in [-0.25, -0.2) is 0 Å². The average molecular weight is 953 g/mol. The van der Waals surface area contributed by atoms with E-state index in [1.54, 1.807) is 0 Å². The monoisotopic (exact) mass is 952 g/mol. The summed E-state index contributed by atoms with van der Waals surface area (Å²) < 4.78 is 13.8. The Morgan fingerprint density at radius 1 is 0.284 bits per heavy atom. The number of furan rings is 2.